The highest BCUT2D eigenvalue weighted by Crippen LogP contribution is 2.22. The summed E-state index contributed by atoms with van der Waals surface area (Å²) in [5.41, 5.74) is 1.56. The number of allylic oxidation sites excluding steroid dienone is 1. The lowest BCUT2D eigenvalue weighted by molar-refractivity contribution is 0.379. The average Bonchev–Trinajstić information content (AvgIpc) is 3.01. The van der Waals surface area contributed by atoms with Crippen molar-refractivity contribution in [2.45, 2.75) is 64.8 Å². The smallest absolute Gasteiger partial charge is 0.213 e. The molecule has 0 unspecified atom stereocenters. The van der Waals surface area contributed by atoms with Gasteiger partial charge in [0.2, 0.25) is 5.89 Å². The van der Waals surface area contributed by atoms with E-state index in [1.807, 2.05) is 6.20 Å². The molecule has 2 rings (SSSR count). The summed E-state index contributed by atoms with van der Waals surface area (Å²) in [6.45, 7) is 7.80. The van der Waals surface area contributed by atoms with Gasteiger partial charge in [0.15, 0.2) is 5.96 Å². The van der Waals surface area contributed by atoms with Gasteiger partial charge < -0.3 is 15.1 Å². The fourth-order valence-corrected chi connectivity index (χ4v) is 2.59. The molecule has 5 nitrogen and oxygen atoms in total. The van der Waals surface area contributed by atoms with Crippen LogP contribution in [0.15, 0.2) is 27.3 Å². The van der Waals surface area contributed by atoms with Crippen LogP contribution in [0.5, 0.6) is 0 Å². The summed E-state index contributed by atoms with van der Waals surface area (Å²) in [5.74, 6) is 2.38. The highest BCUT2D eigenvalue weighted by Gasteiger charge is 2.19. The van der Waals surface area contributed by atoms with Crippen molar-refractivity contribution >= 4 is 5.96 Å². The zero-order chi connectivity index (χ0) is 16.7. The molecule has 1 aliphatic carbocycles. The van der Waals surface area contributed by atoms with Crippen LogP contribution in [0.4, 0.5) is 0 Å². The van der Waals surface area contributed by atoms with Crippen LogP contribution in [0, 0.1) is 0 Å². The average molecular weight is 318 g/mol. The maximum atomic E-state index is 5.78. The molecule has 1 aromatic heterocycles. The number of nitrogens with one attached hydrogen (secondary N) is 2. The molecule has 0 fully saturated rings. The molecule has 1 aromatic rings. The van der Waals surface area contributed by atoms with Crippen LogP contribution in [0.25, 0.3) is 0 Å². The second kappa shape index (κ2) is 8.18. The van der Waals surface area contributed by atoms with Gasteiger partial charge in [-0.25, -0.2) is 4.98 Å². The lowest BCUT2D eigenvalue weighted by Crippen LogP contribution is -2.37. The first-order valence-corrected chi connectivity index (χ1v) is 8.56. The van der Waals surface area contributed by atoms with E-state index in [0.29, 0.717) is 12.4 Å². The van der Waals surface area contributed by atoms with E-state index in [0.717, 1.165) is 24.7 Å². The Bertz CT molecular complexity index is 552. The SMILES string of the molecule is CN=C(NCCC1=CCCCC1)NCc1ncc(C(C)(C)C)o1. The van der Waals surface area contributed by atoms with Gasteiger partial charge >= 0.3 is 0 Å². The number of oxazole rings is 1. The van der Waals surface area contributed by atoms with Crippen molar-refractivity contribution in [3.05, 3.63) is 29.5 Å². The Morgan fingerprint density at radius 3 is 2.74 bits per heavy atom. The standard InChI is InChI=1S/C18H30N4O/c1-18(2,3)15-12-21-16(23-15)13-22-17(19-4)20-11-10-14-8-6-5-7-9-14/h8,12H,5-7,9-11,13H2,1-4H3,(H2,19,20,22). The van der Waals surface area contributed by atoms with E-state index >= 15 is 0 Å². The summed E-state index contributed by atoms with van der Waals surface area (Å²) in [4.78, 5) is 8.57. The predicted molar refractivity (Wildman–Crippen MR) is 94.6 cm³/mol. The van der Waals surface area contributed by atoms with Crippen LogP contribution in [0.1, 0.15) is 64.5 Å². The molecule has 0 bridgehead atoms. The van der Waals surface area contributed by atoms with Gasteiger partial charge in [0.25, 0.3) is 0 Å². The fraction of sp³-hybridized carbons (Fsp3) is 0.667. The lowest BCUT2D eigenvalue weighted by atomic mass is 9.94. The van der Waals surface area contributed by atoms with Crippen LogP contribution in [0.2, 0.25) is 0 Å². The number of aliphatic imine (C=N–C) groups is 1. The molecule has 0 saturated heterocycles. The van der Waals surface area contributed by atoms with Crippen LogP contribution < -0.4 is 10.6 Å². The molecular weight excluding hydrogens is 288 g/mol. The number of guanidine groups is 1. The molecule has 128 valence electrons. The van der Waals surface area contributed by atoms with Crippen LogP contribution in [0.3, 0.4) is 0 Å². The second-order valence-electron chi connectivity index (χ2n) is 7.08. The Balaban J connectivity index is 1.74. The van der Waals surface area contributed by atoms with Gasteiger partial charge in [0, 0.05) is 19.0 Å². The molecule has 5 heteroatoms. The number of nitrogens with zero attached hydrogens (tertiary/aromatic N) is 2. The Hall–Kier alpha value is -1.78. The fourth-order valence-electron chi connectivity index (χ4n) is 2.59. The number of hydrogen-bond donors (Lipinski definition) is 2. The van der Waals surface area contributed by atoms with Crippen LogP contribution in [-0.4, -0.2) is 24.5 Å². The molecule has 2 N–H and O–H groups in total. The first-order chi connectivity index (χ1) is 11.0. The molecule has 0 aromatic carbocycles. The molecule has 0 saturated carbocycles. The Labute approximate surface area is 139 Å². The molecule has 0 radical (unpaired) electrons. The van der Waals surface area contributed by atoms with Crippen molar-refractivity contribution < 1.29 is 4.42 Å². The lowest BCUT2D eigenvalue weighted by Gasteiger charge is -2.15. The summed E-state index contributed by atoms with van der Waals surface area (Å²) < 4.78 is 5.78. The largest absolute Gasteiger partial charge is 0.443 e. The number of hydrogen-bond acceptors (Lipinski definition) is 3. The van der Waals surface area contributed by atoms with Crippen molar-refractivity contribution in [3.63, 3.8) is 0 Å². The van der Waals surface area contributed by atoms with E-state index in [-0.39, 0.29) is 5.41 Å². The van der Waals surface area contributed by atoms with E-state index in [9.17, 15) is 0 Å². The van der Waals surface area contributed by atoms with Gasteiger partial charge in [0.1, 0.15) is 5.76 Å². The maximum absolute atomic E-state index is 5.78. The first-order valence-electron chi connectivity index (χ1n) is 8.56. The van der Waals surface area contributed by atoms with Crippen molar-refractivity contribution in [1.82, 2.24) is 15.6 Å². The Morgan fingerprint density at radius 1 is 1.30 bits per heavy atom. The van der Waals surface area contributed by atoms with Crippen molar-refractivity contribution in [2.24, 2.45) is 4.99 Å². The zero-order valence-electron chi connectivity index (χ0n) is 14.9. The van der Waals surface area contributed by atoms with Gasteiger partial charge in [-0.05, 0) is 32.1 Å². The summed E-state index contributed by atoms with van der Waals surface area (Å²) in [7, 11) is 1.78. The maximum Gasteiger partial charge on any atom is 0.213 e. The molecular formula is C18H30N4O. The van der Waals surface area contributed by atoms with Gasteiger partial charge in [-0.3, -0.25) is 4.99 Å². The number of aromatic nitrogens is 1. The summed E-state index contributed by atoms with van der Waals surface area (Å²) in [6, 6.07) is 0. The summed E-state index contributed by atoms with van der Waals surface area (Å²) >= 11 is 0. The third-order valence-corrected chi connectivity index (χ3v) is 4.05. The monoisotopic (exact) mass is 318 g/mol. The molecule has 0 aliphatic heterocycles. The third kappa shape index (κ3) is 5.73. The summed E-state index contributed by atoms with van der Waals surface area (Å²) in [6.07, 6.45) is 10.5. The second-order valence-corrected chi connectivity index (χ2v) is 7.08. The number of rotatable bonds is 5. The topological polar surface area (TPSA) is 62.5 Å². The molecule has 0 spiro atoms. The van der Waals surface area contributed by atoms with E-state index in [4.69, 9.17) is 4.42 Å². The van der Waals surface area contributed by atoms with Crippen LogP contribution in [-0.2, 0) is 12.0 Å². The molecule has 1 aliphatic rings. The highest BCUT2D eigenvalue weighted by atomic mass is 16.4. The van der Waals surface area contributed by atoms with Gasteiger partial charge in [0.05, 0.1) is 12.7 Å². The van der Waals surface area contributed by atoms with Crippen LogP contribution >= 0.6 is 0 Å². The minimum atomic E-state index is -0.0150. The highest BCUT2D eigenvalue weighted by molar-refractivity contribution is 5.79. The molecule has 1 heterocycles. The molecule has 23 heavy (non-hydrogen) atoms. The van der Waals surface area contributed by atoms with E-state index in [2.05, 4.69) is 47.5 Å². The van der Waals surface area contributed by atoms with Gasteiger partial charge in [-0.15, -0.1) is 0 Å². The normalized spacial score (nSPS) is 16.2. The minimum Gasteiger partial charge on any atom is -0.443 e. The summed E-state index contributed by atoms with van der Waals surface area (Å²) in [5, 5.41) is 6.60. The van der Waals surface area contributed by atoms with Crippen molar-refractivity contribution in [2.75, 3.05) is 13.6 Å². The Morgan fingerprint density at radius 2 is 2.13 bits per heavy atom. The molecule has 0 atom stereocenters. The predicted octanol–water partition coefficient (Wildman–Crippen LogP) is 3.53. The third-order valence-electron chi connectivity index (χ3n) is 4.05. The van der Waals surface area contributed by atoms with E-state index in [1.54, 1.807) is 12.6 Å². The molecule has 0 amide bonds. The van der Waals surface area contributed by atoms with Gasteiger partial charge in [-0.2, -0.15) is 0 Å². The van der Waals surface area contributed by atoms with E-state index in [1.165, 1.54) is 25.7 Å². The quantitative estimate of drug-likeness (QED) is 0.495. The van der Waals surface area contributed by atoms with E-state index < -0.39 is 0 Å². The van der Waals surface area contributed by atoms with Crippen molar-refractivity contribution in [1.29, 1.82) is 0 Å². The first kappa shape index (κ1) is 17.6. The van der Waals surface area contributed by atoms with Gasteiger partial charge in [-0.1, -0.05) is 32.4 Å². The zero-order valence-corrected chi connectivity index (χ0v) is 14.9. The minimum absolute atomic E-state index is 0.0150. The Kier molecular flexibility index (Phi) is 6.25. The van der Waals surface area contributed by atoms with Crippen molar-refractivity contribution in [3.8, 4) is 0 Å².